The molecule has 2 N–H and O–H groups in total. The fourth-order valence-electron chi connectivity index (χ4n) is 1.45. The molecule has 2 atom stereocenters. The van der Waals surface area contributed by atoms with Gasteiger partial charge < -0.3 is 14.8 Å². The molecule has 74 valence electrons. The van der Waals surface area contributed by atoms with Gasteiger partial charge in [-0.25, -0.2) is 4.98 Å². The lowest BCUT2D eigenvalue weighted by atomic mass is 9.99. The number of allylic oxidation sites excluding steroid dienone is 2. The first-order chi connectivity index (χ1) is 6.77. The van der Waals surface area contributed by atoms with Crippen LogP contribution in [0.2, 0.25) is 0 Å². The lowest BCUT2D eigenvalue weighted by Crippen LogP contribution is -2.29. The van der Waals surface area contributed by atoms with Crippen molar-refractivity contribution in [2.45, 2.75) is 18.8 Å². The van der Waals surface area contributed by atoms with Crippen LogP contribution >= 0.6 is 0 Å². The maximum Gasteiger partial charge on any atom is 0.106 e. The number of hydrogen-bond acceptors (Lipinski definition) is 3. The summed E-state index contributed by atoms with van der Waals surface area (Å²) in [4.78, 5) is 3.91. The molecule has 0 unspecified atom stereocenters. The molecule has 0 saturated heterocycles. The first-order valence-corrected chi connectivity index (χ1v) is 4.46. The van der Waals surface area contributed by atoms with E-state index in [4.69, 9.17) is 0 Å². The second kappa shape index (κ2) is 3.77. The van der Waals surface area contributed by atoms with E-state index in [1.54, 1.807) is 24.7 Å². The Morgan fingerprint density at radius 1 is 1.43 bits per heavy atom. The van der Waals surface area contributed by atoms with E-state index in [-0.39, 0.29) is 0 Å². The Bertz CT molecular complexity index is 354. The molecule has 2 rings (SSSR count). The summed E-state index contributed by atoms with van der Waals surface area (Å²) < 4.78 is 1.85. The predicted molar refractivity (Wildman–Crippen MR) is 51.5 cm³/mol. The van der Waals surface area contributed by atoms with Gasteiger partial charge in [-0.05, 0) is 5.57 Å². The Balaban J connectivity index is 2.11. The molecule has 0 bridgehead atoms. The molecule has 1 aliphatic carbocycles. The molecular weight excluding hydrogens is 180 g/mol. The molecular formula is C10H12N2O2. The summed E-state index contributed by atoms with van der Waals surface area (Å²) in [6, 6.07) is 0. The van der Waals surface area contributed by atoms with Crippen LogP contribution < -0.4 is 0 Å². The minimum Gasteiger partial charge on any atom is -0.386 e. The van der Waals surface area contributed by atoms with Crippen LogP contribution in [0.4, 0.5) is 0 Å². The van der Waals surface area contributed by atoms with E-state index in [1.807, 2.05) is 16.8 Å². The van der Waals surface area contributed by atoms with Crippen molar-refractivity contribution in [2.24, 2.45) is 0 Å². The summed E-state index contributed by atoms with van der Waals surface area (Å²) in [6.07, 6.45) is 8.72. The van der Waals surface area contributed by atoms with Crippen molar-refractivity contribution in [1.29, 1.82) is 0 Å². The Labute approximate surface area is 81.8 Å². The van der Waals surface area contributed by atoms with E-state index in [9.17, 15) is 10.2 Å². The number of aliphatic hydroxyl groups is 2. The molecule has 14 heavy (non-hydrogen) atoms. The first kappa shape index (κ1) is 9.18. The van der Waals surface area contributed by atoms with Crippen LogP contribution in [0, 0.1) is 0 Å². The molecule has 0 spiro atoms. The summed E-state index contributed by atoms with van der Waals surface area (Å²) in [5, 5.41) is 19.0. The molecule has 1 aromatic rings. The van der Waals surface area contributed by atoms with Crippen LogP contribution in [0.15, 0.2) is 42.5 Å². The fraction of sp³-hybridized carbons (Fsp3) is 0.300. The average molecular weight is 192 g/mol. The van der Waals surface area contributed by atoms with Crippen LogP contribution in [0.3, 0.4) is 0 Å². The molecule has 0 fully saturated rings. The highest BCUT2D eigenvalue weighted by molar-refractivity contribution is 5.25. The lowest BCUT2D eigenvalue weighted by molar-refractivity contribution is 0.0684. The zero-order chi connectivity index (χ0) is 9.97. The third-order valence-corrected chi connectivity index (χ3v) is 2.25. The molecule has 0 aliphatic heterocycles. The highest BCUT2D eigenvalue weighted by atomic mass is 16.3. The zero-order valence-electron chi connectivity index (χ0n) is 7.61. The predicted octanol–water partition coefficient (Wildman–Crippen LogP) is 0.101. The molecule has 1 heterocycles. The molecule has 0 amide bonds. The minimum absolute atomic E-state index is 0.558. The van der Waals surface area contributed by atoms with Gasteiger partial charge in [0.2, 0.25) is 0 Å². The number of hydrogen-bond donors (Lipinski definition) is 2. The van der Waals surface area contributed by atoms with Gasteiger partial charge in [-0.3, -0.25) is 0 Å². The van der Waals surface area contributed by atoms with E-state index in [0.29, 0.717) is 6.54 Å². The number of imidazole rings is 1. The van der Waals surface area contributed by atoms with Gasteiger partial charge in [0.1, 0.15) is 12.2 Å². The average Bonchev–Trinajstić information content (AvgIpc) is 2.66. The monoisotopic (exact) mass is 192 g/mol. The molecule has 4 heteroatoms. The van der Waals surface area contributed by atoms with Gasteiger partial charge in [0, 0.05) is 18.9 Å². The molecule has 0 saturated carbocycles. The maximum atomic E-state index is 9.63. The van der Waals surface area contributed by atoms with Crippen molar-refractivity contribution in [3.8, 4) is 0 Å². The number of rotatable bonds is 2. The van der Waals surface area contributed by atoms with E-state index in [2.05, 4.69) is 4.98 Å². The van der Waals surface area contributed by atoms with Gasteiger partial charge in [0.15, 0.2) is 0 Å². The van der Waals surface area contributed by atoms with Gasteiger partial charge in [-0.15, -0.1) is 0 Å². The first-order valence-electron chi connectivity index (χ1n) is 4.46. The van der Waals surface area contributed by atoms with E-state index >= 15 is 0 Å². The number of nitrogens with zero attached hydrogens (tertiary/aromatic N) is 2. The summed E-state index contributed by atoms with van der Waals surface area (Å²) >= 11 is 0. The normalized spacial score (nSPS) is 26.3. The second-order valence-corrected chi connectivity index (χ2v) is 3.30. The van der Waals surface area contributed by atoms with Gasteiger partial charge in [0.25, 0.3) is 0 Å². The maximum absolute atomic E-state index is 9.63. The van der Waals surface area contributed by atoms with Crippen molar-refractivity contribution >= 4 is 0 Å². The van der Waals surface area contributed by atoms with Crippen molar-refractivity contribution in [1.82, 2.24) is 9.55 Å². The Morgan fingerprint density at radius 3 is 3.00 bits per heavy atom. The van der Waals surface area contributed by atoms with E-state index < -0.39 is 12.2 Å². The van der Waals surface area contributed by atoms with Gasteiger partial charge in [-0.2, -0.15) is 0 Å². The number of aromatic nitrogens is 2. The molecule has 1 aliphatic rings. The molecule has 0 aromatic carbocycles. The molecule has 4 nitrogen and oxygen atoms in total. The van der Waals surface area contributed by atoms with Gasteiger partial charge in [-0.1, -0.05) is 18.2 Å². The van der Waals surface area contributed by atoms with Crippen LogP contribution in [0.25, 0.3) is 0 Å². The van der Waals surface area contributed by atoms with Gasteiger partial charge >= 0.3 is 0 Å². The van der Waals surface area contributed by atoms with Crippen LogP contribution in [0.5, 0.6) is 0 Å². The van der Waals surface area contributed by atoms with Crippen molar-refractivity contribution in [3.05, 3.63) is 42.5 Å². The van der Waals surface area contributed by atoms with Crippen LogP contribution in [-0.4, -0.2) is 32.0 Å². The summed E-state index contributed by atoms with van der Waals surface area (Å²) in [7, 11) is 0. The number of aliphatic hydroxyl groups excluding tert-OH is 2. The lowest BCUT2D eigenvalue weighted by Gasteiger charge is -2.21. The summed E-state index contributed by atoms with van der Waals surface area (Å²) in [5.74, 6) is 0. The second-order valence-electron chi connectivity index (χ2n) is 3.30. The van der Waals surface area contributed by atoms with Crippen molar-refractivity contribution in [3.63, 3.8) is 0 Å². The van der Waals surface area contributed by atoms with E-state index in [1.165, 1.54) is 0 Å². The fourth-order valence-corrected chi connectivity index (χ4v) is 1.45. The highest BCUT2D eigenvalue weighted by Crippen LogP contribution is 2.15. The Kier molecular flexibility index (Phi) is 2.47. The Hall–Kier alpha value is -1.39. The largest absolute Gasteiger partial charge is 0.386 e. The Morgan fingerprint density at radius 2 is 2.29 bits per heavy atom. The summed E-state index contributed by atoms with van der Waals surface area (Å²) in [6.45, 7) is 0.558. The van der Waals surface area contributed by atoms with E-state index in [0.717, 1.165) is 5.57 Å². The van der Waals surface area contributed by atoms with Crippen LogP contribution in [-0.2, 0) is 6.54 Å². The summed E-state index contributed by atoms with van der Waals surface area (Å²) in [5.41, 5.74) is 0.790. The topological polar surface area (TPSA) is 58.3 Å². The minimum atomic E-state index is -0.803. The third-order valence-electron chi connectivity index (χ3n) is 2.25. The van der Waals surface area contributed by atoms with Crippen LogP contribution in [0.1, 0.15) is 0 Å². The zero-order valence-corrected chi connectivity index (χ0v) is 7.61. The molecule has 0 radical (unpaired) electrons. The standard InChI is InChI=1S/C10H12N2O2/c13-9-3-1-2-8(10(9)14)6-12-5-4-11-7-12/h1-5,7,9-10,13-14H,6H2/t9-,10+/m0/s1. The SMILES string of the molecule is O[C@@H]1C(Cn2ccnc2)=CC=C[C@@H]1O. The van der Waals surface area contributed by atoms with Crippen molar-refractivity contribution < 1.29 is 10.2 Å². The van der Waals surface area contributed by atoms with Gasteiger partial charge in [0.05, 0.1) is 6.33 Å². The smallest absolute Gasteiger partial charge is 0.106 e. The highest BCUT2D eigenvalue weighted by Gasteiger charge is 2.20. The van der Waals surface area contributed by atoms with Crippen molar-refractivity contribution in [2.75, 3.05) is 0 Å². The molecule has 1 aromatic heterocycles. The third kappa shape index (κ3) is 1.76. The quantitative estimate of drug-likeness (QED) is 0.698.